The van der Waals surface area contributed by atoms with E-state index in [1.54, 1.807) is 0 Å². The van der Waals surface area contributed by atoms with Crippen LogP contribution in [-0.4, -0.2) is 110 Å². The minimum absolute atomic E-state index is 0.253. The molecule has 11 nitrogen and oxygen atoms in total. The van der Waals surface area contributed by atoms with Gasteiger partial charge in [0.1, 0.15) is 36.6 Å². The minimum atomic E-state index is -1.67. The van der Waals surface area contributed by atoms with Gasteiger partial charge in [-0.3, -0.25) is 4.79 Å². The average Bonchev–Trinajstić information content (AvgIpc) is 3.37. The van der Waals surface area contributed by atoms with E-state index in [1.807, 2.05) is 0 Å². The highest BCUT2D eigenvalue weighted by Gasteiger charge is 2.44. The van der Waals surface area contributed by atoms with E-state index in [0.29, 0.717) is 12.8 Å². The number of carbonyl (C=O) groups excluding carboxylic acids is 1. The fraction of sp³-hybridized carbons (Fsp3) is 0.883. The fourth-order valence-corrected chi connectivity index (χ4v) is 9.60. The Labute approximate surface area is 435 Å². The molecule has 1 heterocycles. The van der Waals surface area contributed by atoms with Crippen molar-refractivity contribution in [2.24, 2.45) is 0 Å². The van der Waals surface area contributed by atoms with Crippen molar-refractivity contribution in [3.8, 4) is 0 Å². The van der Waals surface area contributed by atoms with Gasteiger partial charge in [0.15, 0.2) is 6.29 Å². The fourth-order valence-electron chi connectivity index (χ4n) is 9.60. The van der Waals surface area contributed by atoms with Crippen molar-refractivity contribution in [2.45, 2.75) is 326 Å². The third kappa shape index (κ3) is 37.7. The molecule has 0 saturated carbocycles. The molecule has 418 valence electrons. The van der Waals surface area contributed by atoms with Crippen molar-refractivity contribution in [3.63, 3.8) is 0 Å². The summed E-state index contributed by atoms with van der Waals surface area (Å²) < 4.78 is 11.1. The Balaban J connectivity index is 2.31. The van der Waals surface area contributed by atoms with E-state index in [-0.39, 0.29) is 12.8 Å². The Morgan fingerprint density at radius 3 is 1.37 bits per heavy atom. The summed E-state index contributed by atoms with van der Waals surface area (Å²) in [6.45, 7) is 3.37. The van der Waals surface area contributed by atoms with Crippen LogP contribution >= 0.6 is 0 Å². The molecular weight excluding hydrogens is 895 g/mol. The van der Waals surface area contributed by atoms with Crippen LogP contribution in [0.5, 0.6) is 0 Å². The number of rotatable bonds is 51. The molecule has 0 aromatic rings. The predicted molar refractivity (Wildman–Crippen MR) is 293 cm³/mol. The Bertz CT molecular complexity index is 1250. The molecule has 1 saturated heterocycles. The van der Waals surface area contributed by atoms with E-state index >= 15 is 0 Å². The molecule has 1 amide bonds. The molecule has 0 aromatic carbocycles. The number of aliphatic hydroxyl groups excluding tert-OH is 7. The Hall–Kier alpha value is -1.67. The van der Waals surface area contributed by atoms with Gasteiger partial charge in [0, 0.05) is 0 Å². The van der Waals surface area contributed by atoms with Crippen molar-refractivity contribution in [1.82, 2.24) is 5.32 Å². The number of allylic oxidation sites excluding steroid dienone is 6. The van der Waals surface area contributed by atoms with Crippen LogP contribution in [0.1, 0.15) is 271 Å². The number of ether oxygens (including phenoxy) is 2. The van der Waals surface area contributed by atoms with Gasteiger partial charge in [-0.05, 0) is 64.2 Å². The number of aliphatic hydroxyl groups is 7. The number of amides is 1. The van der Waals surface area contributed by atoms with E-state index in [1.165, 1.54) is 180 Å². The highest BCUT2D eigenvalue weighted by molar-refractivity contribution is 5.80. The lowest BCUT2D eigenvalue weighted by molar-refractivity contribution is -0.303. The van der Waals surface area contributed by atoms with Crippen molar-refractivity contribution in [2.75, 3.05) is 13.2 Å². The first-order valence-electron chi connectivity index (χ1n) is 29.9. The first kappa shape index (κ1) is 67.3. The van der Waals surface area contributed by atoms with Gasteiger partial charge in [0.2, 0.25) is 5.91 Å². The second-order valence-electron chi connectivity index (χ2n) is 21.0. The highest BCUT2D eigenvalue weighted by atomic mass is 16.7. The van der Waals surface area contributed by atoms with E-state index < -0.39 is 74.2 Å². The molecule has 9 atom stereocenters. The predicted octanol–water partition coefficient (Wildman–Crippen LogP) is 12.7. The molecule has 0 spiro atoms. The highest BCUT2D eigenvalue weighted by Crippen LogP contribution is 2.23. The molecule has 0 aromatic heterocycles. The normalized spacial score (nSPS) is 20.4. The largest absolute Gasteiger partial charge is 0.394 e. The second kappa shape index (κ2) is 49.2. The molecule has 71 heavy (non-hydrogen) atoms. The van der Waals surface area contributed by atoms with Crippen molar-refractivity contribution in [1.29, 1.82) is 0 Å². The van der Waals surface area contributed by atoms with E-state index in [9.17, 15) is 40.5 Å². The molecule has 1 aliphatic heterocycles. The van der Waals surface area contributed by atoms with Crippen LogP contribution in [0.2, 0.25) is 0 Å². The molecule has 9 unspecified atom stereocenters. The lowest BCUT2D eigenvalue weighted by Gasteiger charge is -2.40. The Kier molecular flexibility index (Phi) is 46.7. The molecule has 8 N–H and O–H groups in total. The summed E-state index contributed by atoms with van der Waals surface area (Å²) in [6, 6.07) is -1.19. The zero-order chi connectivity index (χ0) is 51.8. The van der Waals surface area contributed by atoms with Gasteiger partial charge in [-0.1, -0.05) is 243 Å². The Morgan fingerprint density at radius 1 is 0.507 bits per heavy atom. The number of hydrogen-bond donors (Lipinski definition) is 8. The summed E-state index contributed by atoms with van der Waals surface area (Å²) in [6.07, 6.45) is 49.2. The zero-order valence-corrected chi connectivity index (χ0v) is 45.7. The van der Waals surface area contributed by atoms with Crippen LogP contribution in [-0.2, 0) is 14.3 Å². The first-order valence-corrected chi connectivity index (χ1v) is 29.9. The smallest absolute Gasteiger partial charge is 0.249 e. The summed E-state index contributed by atoms with van der Waals surface area (Å²) in [7, 11) is 0. The molecule has 1 rings (SSSR count). The second-order valence-corrected chi connectivity index (χ2v) is 21.0. The van der Waals surface area contributed by atoms with E-state index in [4.69, 9.17) is 9.47 Å². The lowest BCUT2D eigenvalue weighted by atomic mass is 9.98. The van der Waals surface area contributed by atoms with Crippen molar-refractivity contribution < 1.29 is 50.0 Å². The number of carbonyl (C=O) groups is 1. The van der Waals surface area contributed by atoms with Crippen molar-refractivity contribution >= 4 is 5.91 Å². The number of nitrogens with one attached hydrogen (secondary N) is 1. The van der Waals surface area contributed by atoms with Crippen LogP contribution in [0.3, 0.4) is 0 Å². The van der Waals surface area contributed by atoms with Gasteiger partial charge >= 0.3 is 0 Å². The lowest BCUT2D eigenvalue weighted by Crippen LogP contribution is -2.60. The standard InChI is InChI=1S/C60H113NO10/c1-3-5-7-9-11-13-15-17-19-21-23-25-26-27-28-30-31-33-35-37-39-41-43-45-47-52(63)55(65)51(50-70-60-58(68)57(67)56(66)54(49-62)71-60)61-59(69)53(64)48-46-44-42-40-38-36-34-32-29-24-22-20-18-16-14-12-10-8-6-4-2/h6,8,12,14,39,41,51-58,60,62-68H,3-5,7,9-11,13,15-38,40,42-50H2,1-2H3,(H,61,69)/b8-6-,14-12-,41-39+. The molecule has 0 aliphatic carbocycles. The van der Waals surface area contributed by atoms with Crippen molar-refractivity contribution in [3.05, 3.63) is 36.5 Å². The maximum atomic E-state index is 13.2. The molecule has 1 fully saturated rings. The summed E-state index contributed by atoms with van der Waals surface area (Å²) in [4.78, 5) is 13.2. The van der Waals surface area contributed by atoms with Gasteiger partial charge in [-0.15, -0.1) is 0 Å². The number of unbranched alkanes of at least 4 members (excludes halogenated alkanes) is 33. The Morgan fingerprint density at radius 2 is 0.915 bits per heavy atom. The molecular formula is C60H113NO10. The third-order valence-electron chi connectivity index (χ3n) is 14.4. The average molecular weight is 1010 g/mol. The van der Waals surface area contributed by atoms with Gasteiger partial charge < -0.3 is 50.5 Å². The SMILES string of the molecule is CC/C=C\C/C=C\CCCCCCCCCCCCCCCC(O)C(=O)NC(COC1OC(CO)C(O)C(O)C1O)C(O)C(O)CCC/C=C/CCCCCCCCCCCCCCCCCCCCC. The van der Waals surface area contributed by atoms with Gasteiger partial charge in [-0.25, -0.2) is 0 Å². The van der Waals surface area contributed by atoms with Gasteiger partial charge in [0.25, 0.3) is 0 Å². The van der Waals surface area contributed by atoms with Crippen LogP contribution < -0.4 is 5.32 Å². The monoisotopic (exact) mass is 1010 g/mol. The zero-order valence-electron chi connectivity index (χ0n) is 45.7. The maximum absolute atomic E-state index is 13.2. The topological polar surface area (TPSA) is 189 Å². The number of hydrogen-bond acceptors (Lipinski definition) is 10. The van der Waals surface area contributed by atoms with Gasteiger partial charge in [0.05, 0.1) is 25.4 Å². The molecule has 1 aliphatic rings. The molecule has 0 bridgehead atoms. The van der Waals surface area contributed by atoms with Crippen LogP contribution in [0, 0.1) is 0 Å². The molecule has 0 radical (unpaired) electrons. The quantitative estimate of drug-likeness (QED) is 0.0215. The summed E-state index contributed by atoms with van der Waals surface area (Å²) in [5.74, 6) is -0.705. The summed E-state index contributed by atoms with van der Waals surface area (Å²) in [5.41, 5.74) is 0. The molecule has 11 heteroatoms. The summed E-state index contributed by atoms with van der Waals surface area (Å²) in [5, 5.41) is 76.2. The first-order chi connectivity index (χ1) is 34.7. The van der Waals surface area contributed by atoms with Crippen LogP contribution in [0.15, 0.2) is 36.5 Å². The minimum Gasteiger partial charge on any atom is -0.394 e. The van der Waals surface area contributed by atoms with E-state index in [0.717, 1.165) is 51.4 Å². The summed E-state index contributed by atoms with van der Waals surface area (Å²) >= 11 is 0. The van der Waals surface area contributed by atoms with Crippen LogP contribution in [0.25, 0.3) is 0 Å². The van der Waals surface area contributed by atoms with E-state index in [2.05, 4.69) is 55.6 Å². The third-order valence-corrected chi connectivity index (χ3v) is 14.4. The van der Waals surface area contributed by atoms with Gasteiger partial charge in [-0.2, -0.15) is 0 Å². The maximum Gasteiger partial charge on any atom is 0.249 e. The van der Waals surface area contributed by atoms with Crippen LogP contribution in [0.4, 0.5) is 0 Å².